The number of aryl methyl sites for hydroxylation is 1. The van der Waals surface area contributed by atoms with E-state index in [0.29, 0.717) is 43.8 Å². The zero-order valence-corrected chi connectivity index (χ0v) is 24.1. The first kappa shape index (κ1) is 25.9. The van der Waals surface area contributed by atoms with Gasteiger partial charge in [0.1, 0.15) is 11.9 Å². The molecule has 0 radical (unpaired) electrons. The Morgan fingerprint density at radius 1 is 1.07 bits per heavy atom. The van der Waals surface area contributed by atoms with E-state index in [1.54, 1.807) is 35.1 Å². The predicted molar refractivity (Wildman–Crippen MR) is 156 cm³/mol. The van der Waals surface area contributed by atoms with E-state index in [0.717, 1.165) is 11.1 Å². The summed E-state index contributed by atoms with van der Waals surface area (Å²) in [5, 5.41) is 5.32. The van der Waals surface area contributed by atoms with Crippen LogP contribution in [-0.4, -0.2) is 32.7 Å². The number of aromatic nitrogens is 4. The van der Waals surface area contributed by atoms with Gasteiger partial charge in [-0.05, 0) is 58.2 Å². The number of esters is 1. The van der Waals surface area contributed by atoms with Crippen LogP contribution in [0.15, 0.2) is 80.7 Å². The Morgan fingerprint density at radius 2 is 1.86 bits per heavy atom. The van der Waals surface area contributed by atoms with Gasteiger partial charge in [0.15, 0.2) is 28.7 Å². The molecule has 1 atom stereocenters. The van der Waals surface area contributed by atoms with Crippen LogP contribution >= 0.6 is 15.9 Å². The van der Waals surface area contributed by atoms with Crippen LogP contribution < -0.4 is 19.8 Å². The van der Waals surface area contributed by atoms with Crippen molar-refractivity contribution >= 4 is 38.5 Å². The van der Waals surface area contributed by atoms with Crippen molar-refractivity contribution in [3.8, 4) is 34.5 Å². The molecule has 11 heteroatoms. The van der Waals surface area contributed by atoms with Crippen LogP contribution in [0.1, 0.15) is 35.1 Å². The zero-order chi connectivity index (χ0) is 29.1. The standard InChI is InChI=1S/C31H21BrN4O6/c1-15-8-4-5-9-18(15)28-34-29-25-23(17-12-20(32)27(40-16(2)37)22(13-17)39-3)24-26(42-30(25)33-14-36(29)35-28)19-10-6-7-11-21(19)41-31(24)38/h4-14,23H,1-3H3. The lowest BCUT2D eigenvalue weighted by Crippen LogP contribution is -2.22. The lowest BCUT2D eigenvalue weighted by atomic mass is 9.84. The summed E-state index contributed by atoms with van der Waals surface area (Å²) in [7, 11) is 1.47. The molecule has 1 aliphatic heterocycles. The third kappa shape index (κ3) is 4.04. The molecule has 42 heavy (non-hydrogen) atoms. The highest BCUT2D eigenvalue weighted by Gasteiger charge is 2.38. The molecule has 0 amide bonds. The van der Waals surface area contributed by atoms with Gasteiger partial charge in [0.05, 0.1) is 34.0 Å². The van der Waals surface area contributed by atoms with E-state index in [-0.39, 0.29) is 22.9 Å². The maximum absolute atomic E-state index is 13.7. The second kappa shape index (κ2) is 9.81. The molecule has 1 unspecified atom stereocenters. The lowest BCUT2D eigenvalue weighted by Gasteiger charge is -2.28. The van der Waals surface area contributed by atoms with Gasteiger partial charge in [0.2, 0.25) is 5.88 Å². The fraction of sp³-hybridized carbons (Fsp3) is 0.129. The normalized spacial score (nSPS) is 13.9. The Morgan fingerprint density at radius 3 is 2.64 bits per heavy atom. The molecule has 0 fully saturated rings. The minimum atomic E-state index is -0.758. The van der Waals surface area contributed by atoms with E-state index < -0.39 is 17.5 Å². The molecule has 3 aromatic carbocycles. The molecule has 0 aliphatic carbocycles. The highest BCUT2D eigenvalue weighted by Crippen LogP contribution is 2.51. The lowest BCUT2D eigenvalue weighted by molar-refractivity contribution is -0.132. The van der Waals surface area contributed by atoms with Crippen molar-refractivity contribution in [3.05, 3.63) is 104 Å². The summed E-state index contributed by atoms with van der Waals surface area (Å²) >= 11 is 3.53. The van der Waals surface area contributed by atoms with Crippen LogP contribution in [0.2, 0.25) is 0 Å². The molecular formula is C31H21BrN4O6. The third-order valence-electron chi connectivity index (χ3n) is 7.18. The molecular weight excluding hydrogens is 604 g/mol. The minimum absolute atomic E-state index is 0.215. The largest absolute Gasteiger partial charge is 0.493 e. The van der Waals surface area contributed by atoms with Gasteiger partial charge in [-0.1, -0.05) is 36.4 Å². The van der Waals surface area contributed by atoms with Crippen LogP contribution in [0.4, 0.5) is 0 Å². The number of para-hydroxylation sites is 1. The van der Waals surface area contributed by atoms with Gasteiger partial charge in [-0.2, -0.15) is 0 Å². The Kier molecular flexibility index (Phi) is 6.05. The molecule has 6 aromatic rings. The van der Waals surface area contributed by atoms with E-state index in [4.69, 9.17) is 28.7 Å². The highest BCUT2D eigenvalue weighted by molar-refractivity contribution is 9.10. The first-order chi connectivity index (χ1) is 20.3. The van der Waals surface area contributed by atoms with E-state index in [1.807, 2.05) is 43.3 Å². The van der Waals surface area contributed by atoms with Crippen molar-refractivity contribution < 1.29 is 23.4 Å². The molecule has 10 nitrogen and oxygen atoms in total. The summed E-state index contributed by atoms with van der Waals surface area (Å²) in [6.07, 6.45) is 1.54. The summed E-state index contributed by atoms with van der Waals surface area (Å²) in [4.78, 5) is 35.0. The quantitative estimate of drug-likeness (QED) is 0.128. The zero-order valence-electron chi connectivity index (χ0n) is 22.5. The molecule has 0 N–H and O–H groups in total. The number of methoxy groups -OCH3 is 1. The van der Waals surface area contributed by atoms with Crippen LogP contribution in [0, 0.1) is 6.92 Å². The summed E-state index contributed by atoms with van der Waals surface area (Å²) in [6, 6.07) is 18.4. The Hall–Kier alpha value is -5.03. The van der Waals surface area contributed by atoms with Crippen LogP contribution in [-0.2, 0) is 4.79 Å². The van der Waals surface area contributed by atoms with E-state index >= 15 is 0 Å². The number of carbonyl (C=O) groups excluding carboxylic acids is 1. The fourth-order valence-electron chi connectivity index (χ4n) is 5.35. The van der Waals surface area contributed by atoms with Crippen molar-refractivity contribution in [2.75, 3.05) is 7.11 Å². The van der Waals surface area contributed by atoms with Gasteiger partial charge in [0, 0.05) is 12.5 Å². The van der Waals surface area contributed by atoms with Gasteiger partial charge in [-0.25, -0.2) is 19.3 Å². The maximum Gasteiger partial charge on any atom is 0.344 e. The van der Waals surface area contributed by atoms with Gasteiger partial charge >= 0.3 is 11.6 Å². The topological polar surface area (TPSA) is 118 Å². The van der Waals surface area contributed by atoms with Gasteiger partial charge in [-0.15, -0.1) is 5.10 Å². The number of carbonyl (C=O) groups is 1. The van der Waals surface area contributed by atoms with Crippen LogP contribution in [0.25, 0.3) is 28.0 Å². The van der Waals surface area contributed by atoms with Crippen molar-refractivity contribution in [3.63, 3.8) is 0 Å². The molecule has 1 aliphatic rings. The number of nitrogens with zero attached hydrogens (tertiary/aromatic N) is 4. The number of fused-ring (bicyclic) bond motifs is 6. The summed E-state index contributed by atoms with van der Waals surface area (Å²) in [6.45, 7) is 3.29. The molecule has 3 aromatic heterocycles. The third-order valence-corrected chi connectivity index (χ3v) is 7.77. The average molecular weight is 625 g/mol. The smallest absolute Gasteiger partial charge is 0.344 e. The van der Waals surface area contributed by atoms with Crippen molar-refractivity contribution in [2.24, 2.45) is 0 Å². The molecule has 208 valence electrons. The summed E-state index contributed by atoms with van der Waals surface area (Å²) < 4.78 is 25.2. The van der Waals surface area contributed by atoms with E-state index in [1.165, 1.54) is 14.0 Å². The number of halogens is 1. The number of hydrogen-bond donors (Lipinski definition) is 0. The molecule has 0 bridgehead atoms. The molecule has 0 saturated carbocycles. The number of ether oxygens (including phenoxy) is 3. The van der Waals surface area contributed by atoms with Crippen molar-refractivity contribution in [1.29, 1.82) is 0 Å². The first-order valence-corrected chi connectivity index (χ1v) is 13.7. The number of benzene rings is 3. The summed E-state index contributed by atoms with van der Waals surface area (Å²) in [5.74, 6) is 0.360. The Labute approximate surface area is 246 Å². The van der Waals surface area contributed by atoms with Gasteiger partial charge in [-0.3, -0.25) is 4.79 Å². The second-order valence-electron chi connectivity index (χ2n) is 9.77. The summed E-state index contributed by atoms with van der Waals surface area (Å²) in [5.41, 5.74) is 3.57. The Balaban J connectivity index is 1.55. The van der Waals surface area contributed by atoms with Crippen molar-refractivity contribution in [1.82, 2.24) is 19.6 Å². The van der Waals surface area contributed by atoms with Gasteiger partial charge in [0.25, 0.3) is 0 Å². The molecule has 0 saturated heterocycles. The van der Waals surface area contributed by atoms with Crippen LogP contribution in [0.3, 0.4) is 0 Å². The first-order valence-electron chi connectivity index (χ1n) is 12.9. The molecule has 7 rings (SSSR count). The average Bonchev–Trinajstić information content (AvgIpc) is 3.41. The fourth-order valence-corrected chi connectivity index (χ4v) is 5.89. The van der Waals surface area contributed by atoms with Crippen molar-refractivity contribution in [2.45, 2.75) is 19.8 Å². The van der Waals surface area contributed by atoms with Gasteiger partial charge < -0.3 is 18.6 Å². The van der Waals surface area contributed by atoms with E-state index in [2.05, 4.69) is 20.9 Å². The Bertz CT molecular complexity index is 2140. The number of rotatable bonds is 4. The monoisotopic (exact) mass is 624 g/mol. The predicted octanol–water partition coefficient (Wildman–Crippen LogP) is 6.19. The second-order valence-corrected chi connectivity index (χ2v) is 10.6. The minimum Gasteiger partial charge on any atom is -0.493 e. The number of hydrogen-bond acceptors (Lipinski definition) is 9. The van der Waals surface area contributed by atoms with Crippen LogP contribution in [0.5, 0.6) is 23.1 Å². The molecule has 4 heterocycles. The molecule has 0 spiro atoms. The SMILES string of the molecule is COc1cc(C2c3c(c4ccccc4oc3=O)Oc3ncn4nc(-c5ccccc5C)nc4c32)cc(Br)c1OC(C)=O. The van der Waals surface area contributed by atoms with E-state index in [9.17, 15) is 9.59 Å². The maximum atomic E-state index is 13.7. The highest BCUT2D eigenvalue weighted by atomic mass is 79.9.